The van der Waals surface area contributed by atoms with E-state index in [0.717, 1.165) is 0 Å². The molecule has 0 saturated heterocycles. The predicted octanol–water partition coefficient (Wildman–Crippen LogP) is 1.47. The molecule has 3 N–H and O–H groups in total. The molecule has 12 heavy (non-hydrogen) atoms. The van der Waals surface area contributed by atoms with E-state index < -0.39 is 11.9 Å². The summed E-state index contributed by atoms with van der Waals surface area (Å²) in [5.41, 5.74) is 5.66. The molecule has 0 radical (unpaired) electrons. The number of aliphatic hydroxyl groups is 1. The van der Waals surface area contributed by atoms with Crippen molar-refractivity contribution in [1.82, 2.24) is 0 Å². The Morgan fingerprint density at radius 2 is 2.25 bits per heavy atom. The lowest BCUT2D eigenvalue weighted by atomic mass is 10.1. The molecule has 1 rings (SSSR count). The van der Waals surface area contributed by atoms with Crippen molar-refractivity contribution >= 4 is 11.6 Å². The number of aliphatic hydroxyl groups excluding tert-OH is 1. The summed E-state index contributed by atoms with van der Waals surface area (Å²) in [6.07, 6.45) is 0. The van der Waals surface area contributed by atoms with Crippen molar-refractivity contribution in [2.75, 3.05) is 6.61 Å². The van der Waals surface area contributed by atoms with Crippen molar-refractivity contribution < 1.29 is 9.50 Å². The van der Waals surface area contributed by atoms with Crippen molar-refractivity contribution in [3.8, 4) is 0 Å². The first-order valence-electron chi connectivity index (χ1n) is 3.46. The molecule has 0 amide bonds. The number of halogens is 2. The summed E-state index contributed by atoms with van der Waals surface area (Å²) in [4.78, 5) is 0. The molecule has 0 spiro atoms. The van der Waals surface area contributed by atoms with Crippen LogP contribution in [0.2, 0.25) is 5.02 Å². The van der Waals surface area contributed by atoms with Gasteiger partial charge in [-0.3, -0.25) is 0 Å². The second-order valence-electron chi connectivity index (χ2n) is 2.45. The molecule has 0 unspecified atom stereocenters. The van der Waals surface area contributed by atoms with E-state index in [0.29, 0.717) is 5.02 Å². The van der Waals surface area contributed by atoms with E-state index in [1.54, 1.807) is 0 Å². The molecule has 0 aromatic heterocycles. The van der Waals surface area contributed by atoms with E-state index in [4.69, 9.17) is 22.4 Å². The van der Waals surface area contributed by atoms with Gasteiger partial charge in [0, 0.05) is 10.6 Å². The largest absolute Gasteiger partial charge is 0.394 e. The van der Waals surface area contributed by atoms with E-state index in [1.807, 2.05) is 0 Å². The Morgan fingerprint density at radius 1 is 1.58 bits per heavy atom. The van der Waals surface area contributed by atoms with Crippen LogP contribution in [0.25, 0.3) is 0 Å². The van der Waals surface area contributed by atoms with E-state index in [-0.39, 0.29) is 12.2 Å². The number of hydrogen-bond donors (Lipinski definition) is 2. The fourth-order valence-corrected chi connectivity index (χ4v) is 1.08. The Labute approximate surface area is 74.8 Å². The Balaban J connectivity index is 3.04. The number of hydrogen-bond acceptors (Lipinski definition) is 2. The smallest absolute Gasteiger partial charge is 0.128 e. The van der Waals surface area contributed by atoms with Crippen LogP contribution in [0.4, 0.5) is 4.39 Å². The van der Waals surface area contributed by atoms with Crippen LogP contribution in [0, 0.1) is 5.82 Å². The summed E-state index contributed by atoms with van der Waals surface area (Å²) in [6, 6.07) is 3.37. The van der Waals surface area contributed by atoms with Gasteiger partial charge in [-0.15, -0.1) is 0 Å². The summed E-state index contributed by atoms with van der Waals surface area (Å²) in [7, 11) is 0. The first-order valence-corrected chi connectivity index (χ1v) is 3.84. The second-order valence-corrected chi connectivity index (χ2v) is 2.89. The van der Waals surface area contributed by atoms with Crippen LogP contribution in [0.3, 0.4) is 0 Å². The Kier molecular flexibility index (Phi) is 3.03. The molecule has 0 heterocycles. The Hall–Kier alpha value is -0.640. The Bertz CT molecular complexity index is 280. The fourth-order valence-electron chi connectivity index (χ4n) is 0.897. The third kappa shape index (κ3) is 1.94. The zero-order valence-corrected chi connectivity index (χ0v) is 7.05. The topological polar surface area (TPSA) is 46.2 Å². The molecule has 1 aromatic rings. The quantitative estimate of drug-likeness (QED) is 0.740. The molecular weight excluding hydrogens is 181 g/mol. The monoisotopic (exact) mass is 189 g/mol. The molecule has 0 fully saturated rings. The minimum Gasteiger partial charge on any atom is -0.394 e. The molecule has 0 aliphatic rings. The van der Waals surface area contributed by atoms with Crippen LogP contribution >= 0.6 is 11.6 Å². The van der Waals surface area contributed by atoms with Gasteiger partial charge in [-0.05, 0) is 18.2 Å². The van der Waals surface area contributed by atoms with E-state index >= 15 is 0 Å². The van der Waals surface area contributed by atoms with E-state index in [1.165, 1.54) is 18.2 Å². The maximum absolute atomic E-state index is 13.0. The summed E-state index contributed by atoms with van der Waals surface area (Å²) in [6.45, 7) is -0.294. The maximum Gasteiger partial charge on any atom is 0.128 e. The highest BCUT2D eigenvalue weighted by Crippen LogP contribution is 2.19. The third-order valence-corrected chi connectivity index (χ3v) is 1.79. The molecule has 2 nitrogen and oxygen atoms in total. The molecule has 0 saturated carbocycles. The molecule has 66 valence electrons. The van der Waals surface area contributed by atoms with Crippen LogP contribution in [-0.2, 0) is 0 Å². The molecule has 1 atom stereocenters. The molecule has 4 heteroatoms. The SMILES string of the molecule is N[C@@H](CO)c1cc(Cl)ccc1F. The predicted molar refractivity (Wildman–Crippen MR) is 45.4 cm³/mol. The average molecular weight is 190 g/mol. The first-order chi connectivity index (χ1) is 5.65. The van der Waals surface area contributed by atoms with Gasteiger partial charge in [-0.2, -0.15) is 0 Å². The summed E-state index contributed by atoms with van der Waals surface area (Å²) in [5, 5.41) is 9.08. The van der Waals surface area contributed by atoms with Crippen molar-refractivity contribution in [2.45, 2.75) is 6.04 Å². The van der Waals surface area contributed by atoms with Gasteiger partial charge < -0.3 is 10.8 Å². The first kappa shape index (κ1) is 9.45. The van der Waals surface area contributed by atoms with Gasteiger partial charge in [0.15, 0.2) is 0 Å². The van der Waals surface area contributed by atoms with Crippen LogP contribution < -0.4 is 5.73 Å². The zero-order valence-electron chi connectivity index (χ0n) is 6.30. The molecular formula is C8H9ClFNO. The third-order valence-electron chi connectivity index (χ3n) is 1.55. The highest BCUT2D eigenvalue weighted by atomic mass is 35.5. The number of nitrogens with two attached hydrogens (primary N) is 1. The molecule has 1 aromatic carbocycles. The lowest BCUT2D eigenvalue weighted by molar-refractivity contribution is 0.265. The summed E-state index contributed by atoms with van der Waals surface area (Å²) in [5.74, 6) is -0.444. The summed E-state index contributed by atoms with van der Waals surface area (Å²) >= 11 is 5.61. The van der Waals surface area contributed by atoms with Gasteiger partial charge in [0.05, 0.1) is 12.6 Å². The van der Waals surface area contributed by atoms with Crippen molar-refractivity contribution in [2.24, 2.45) is 5.73 Å². The molecule has 0 aliphatic heterocycles. The fraction of sp³-hybridized carbons (Fsp3) is 0.250. The van der Waals surface area contributed by atoms with Crippen molar-refractivity contribution in [3.05, 3.63) is 34.6 Å². The van der Waals surface area contributed by atoms with E-state index in [2.05, 4.69) is 0 Å². The van der Waals surface area contributed by atoms with Crippen LogP contribution in [0.1, 0.15) is 11.6 Å². The highest BCUT2D eigenvalue weighted by molar-refractivity contribution is 6.30. The number of rotatable bonds is 2. The Morgan fingerprint density at radius 3 is 2.83 bits per heavy atom. The van der Waals surface area contributed by atoms with Gasteiger partial charge in [0.2, 0.25) is 0 Å². The van der Waals surface area contributed by atoms with E-state index in [9.17, 15) is 4.39 Å². The minimum atomic E-state index is -0.705. The van der Waals surface area contributed by atoms with Crippen molar-refractivity contribution in [1.29, 1.82) is 0 Å². The summed E-state index contributed by atoms with van der Waals surface area (Å²) < 4.78 is 13.0. The minimum absolute atomic E-state index is 0.241. The maximum atomic E-state index is 13.0. The van der Waals surface area contributed by atoms with Gasteiger partial charge in [0.25, 0.3) is 0 Å². The van der Waals surface area contributed by atoms with Gasteiger partial charge >= 0.3 is 0 Å². The van der Waals surface area contributed by atoms with Gasteiger partial charge in [-0.25, -0.2) is 4.39 Å². The lowest BCUT2D eigenvalue weighted by Gasteiger charge is -2.09. The lowest BCUT2D eigenvalue weighted by Crippen LogP contribution is -2.15. The van der Waals surface area contributed by atoms with Crippen LogP contribution in [-0.4, -0.2) is 11.7 Å². The highest BCUT2D eigenvalue weighted by Gasteiger charge is 2.10. The van der Waals surface area contributed by atoms with Crippen LogP contribution in [0.15, 0.2) is 18.2 Å². The van der Waals surface area contributed by atoms with Gasteiger partial charge in [-0.1, -0.05) is 11.6 Å². The van der Waals surface area contributed by atoms with Gasteiger partial charge in [0.1, 0.15) is 5.82 Å². The molecule has 0 bridgehead atoms. The molecule has 0 aliphatic carbocycles. The average Bonchev–Trinajstić information content (AvgIpc) is 2.08. The van der Waals surface area contributed by atoms with Crippen molar-refractivity contribution in [3.63, 3.8) is 0 Å². The number of benzene rings is 1. The van der Waals surface area contributed by atoms with Crippen LogP contribution in [0.5, 0.6) is 0 Å². The standard InChI is InChI=1S/C8H9ClFNO/c9-5-1-2-7(10)6(3-5)8(11)4-12/h1-3,8,12H,4,11H2/t8-/m0/s1. The normalized spacial score (nSPS) is 13.0. The second kappa shape index (κ2) is 3.85. The zero-order chi connectivity index (χ0) is 9.14.